The van der Waals surface area contributed by atoms with Gasteiger partial charge in [-0.05, 0) is 31.9 Å². The summed E-state index contributed by atoms with van der Waals surface area (Å²) < 4.78 is 2.18. The van der Waals surface area contributed by atoms with E-state index < -0.39 is 0 Å². The first kappa shape index (κ1) is 16.4. The number of aromatic nitrogens is 4. The van der Waals surface area contributed by atoms with Gasteiger partial charge in [0.25, 0.3) is 0 Å². The number of rotatable bonds is 5. The van der Waals surface area contributed by atoms with E-state index in [2.05, 4.69) is 24.6 Å². The van der Waals surface area contributed by atoms with Gasteiger partial charge in [0.1, 0.15) is 11.6 Å². The first-order chi connectivity index (χ1) is 12.2. The second kappa shape index (κ2) is 7.03. The van der Waals surface area contributed by atoms with Crippen LogP contribution in [0.1, 0.15) is 24.7 Å². The first-order valence-corrected chi connectivity index (χ1v) is 9.69. The van der Waals surface area contributed by atoms with E-state index in [0.29, 0.717) is 11.8 Å². The van der Waals surface area contributed by atoms with Gasteiger partial charge in [0, 0.05) is 38.4 Å². The molecule has 0 unspecified atom stereocenters. The van der Waals surface area contributed by atoms with Gasteiger partial charge in [0.05, 0.1) is 5.75 Å². The molecule has 0 bridgehead atoms. The van der Waals surface area contributed by atoms with E-state index in [9.17, 15) is 4.79 Å². The SMILES string of the molecule is Cc1nnc(SCC(=O)N2CCN(c3ccccn3)CC2)n1C1CC1. The molecule has 3 heterocycles. The highest BCUT2D eigenvalue weighted by Crippen LogP contribution is 2.38. The molecule has 0 spiro atoms. The molecule has 8 heteroatoms. The molecule has 2 aliphatic rings. The minimum absolute atomic E-state index is 0.175. The summed E-state index contributed by atoms with van der Waals surface area (Å²) in [6.07, 6.45) is 4.19. The Hall–Kier alpha value is -2.09. The van der Waals surface area contributed by atoms with Crippen LogP contribution in [0.4, 0.5) is 5.82 Å². The van der Waals surface area contributed by atoms with E-state index in [1.807, 2.05) is 36.2 Å². The predicted octanol–water partition coefficient (Wildman–Crippen LogP) is 1.76. The van der Waals surface area contributed by atoms with Crippen molar-refractivity contribution in [1.29, 1.82) is 0 Å². The largest absolute Gasteiger partial charge is 0.353 e. The van der Waals surface area contributed by atoms with Gasteiger partial charge in [-0.2, -0.15) is 0 Å². The second-order valence-electron chi connectivity index (χ2n) is 6.48. The Kier molecular flexibility index (Phi) is 4.61. The smallest absolute Gasteiger partial charge is 0.233 e. The third kappa shape index (κ3) is 3.63. The lowest BCUT2D eigenvalue weighted by molar-refractivity contribution is -0.128. The fourth-order valence-corrected chi connectivity index (χ4v) is 4.10. The van der Waals surface area contributed by atoms with E-state index in [4.69, 9.17) is 0 Å². The Balaban J connectivity index is 1.30. The topological polar surface area (TPSA) is 67.2 Å². The van der Waals surface area contributed by atoms with Crippen molar-refractivity contribution >= 4 is 23.5 Å². The summed E-state index contributed by atoms with van der Waals surface area (Å²) in [7, 11) is 0. The van der Waals surface area contributed by atoms with Gasteiger partial charge in [-0.1, -0.05) is 17.8 Å². The van der Waals surface area contributed by atoms with Crippen LogP contribution in [0.2, 0.25) is 0 Å². The highest BCUT2D eigenvalue weighted by Gasteiger charge is 2.29. The van der Waals surface area contributed by atoms with Crippen LogP contribution < -0.4 is 4.90 Å². The molecule has 1 saturated carbocycles. The third-order valence-corrected chi connectivity index (χ3v) is 5.61. The van der Waals surface area contributed by atoms with E-state index in [1.54, 1.807) is 0 Å². The molecule has 2 aromatic heterocycles. The predicted molar refractivity (Wildman–Crippen MR) is 96.8 cm³/mol. The summed E-state index contributed by atoms with van der Waals surface area (Å²) >= 11 is 1.51. The van der Waals surface area contributed by atoms with Crippen molar-refractivity contribution in [1.82, 2.24) is 24.6 Å². The summed E-state index contributed by atoms with van der Waals surface area (Å²) in [5.74, 6) is 2.53. The zero-order valence-electron chi connectivity index (χ0n) is 14.3. The quantitative estimate of drug-likeness (QED) is 0.759. The Morgan fingerprint density at radius 3 is 2.68 bits per heavy atom. The number of anilines is 1. The molecule has 132 valence electrons. The average Bonchev–Trinajstić information content (AvgIpc) is 3.43. The molecule has 2 aromatic rings. The van der Waals surface area contributed by atoms with Gasteiger partial charge >= 0.3 is 0 Å². The van der Waals surface area contributed by atoms with Gasteiger partial charge < -0.3 is 14.4 Å². The minimum Gasteiger partial charge on any atom is -0.353 e. The molecule has 0 N–H and O–H groups in total. The Morgan fingerprint density at radius 2 is 2.00 bits per heavy atom. The van der Waals surface area contributed by atoms with Crippen molar-refractivity contribution in [2.24, 2.45) is 0 Å². The number of carbonyl (C=O) groups excluding carboxylic acids is 1. The highest BCUT2D eigenvalue weighted by molar-refractivity contribution is 7.99. The molecule has 1 aliphatic carbocycles. The Bertz CT molecular complexity index is 737. The fourth-order valence-electron chi connectivity index (χ4n) is 3.14. The van der Waals surface area contributed by atoms with Crippen LogP contribution in [0.25, 0.3) is 0 Å². The molecule has 4 rings (SSSR count). The van der Waals surface area contributed by atoms with E-state index in [0.717, 1.165) is 43.0 Å². The van der Waals surface area contributed by atoms with Crippen molar-refractivity contribution in [3.05, 3.63) is 30.2 Å². The van der Waals surface area contributed by atoms with Crippen LogP contribution in [-0.4, -0.2) is 62.5 Å². The summed E-state index contributed by atoms with van der Waals surface area (Å²) in [4.78, 5) is 21.1. The molecule has 1 amide bonds. The summed E-state index contributed by atoms with van der Waals surface area (Å²) in [6.45, 7) is 5.11. The first-order valence-electron chi connectivity index (χ1n) is 8.70. The summed E-state index contributed by atoms with van der Waals surface area (Å²) in [6, 6.07) is 6.46. The molecule has 2 fully saturated rings. The molecule has 1 aliphatic heterocycles. The lowest BCUT2D eigenvalue weighted by Gasteiger charge is -2.35. The Labute approximate surface area is 151 Å². The van der Waals surface area contributed by atoms with Crippen molar-refractivity contribution in [3.8, 4) is 0 Å². The highest BCUT2D eigenvalue weighted by atomic mass is 32.2. The summed E-state index contributed by atoms with van der Waals surface area (Å²) in [5, 5.41) is 9.28. The number of aryl methyl sites for hydroxylation is 1. The third-order valence-electron chi connectivity index (χ3n) is 4.68. The Morgan fingerprint density at radius 1 is 1.20 bits per heavy atom. The van der Waals surface area contributed by atoms with Crippen molar-refractivity contribution in [2.45, 2.75) is 31.0 Å². The zero-order chi connectivity index (χ0) is 17.2. The monoisotopic (exact) mass is 358 g/mol. The van der Waals surface area contributed by atoms with Crippen molar-refractivity contribution < 1.29 is 4.79 Å². The van der Waals surface area contributed by atoms with E-state index in [1.165, 1.54) is 24.6 Å². The summed E-state index contributed by atoms with van der Waals surface area (Å²) in [5.41, 5.74) is 0. The normalized spacial score (nSPS) is 17.8. The van der Waals surface area contributed by atoms with Crippen LogP contribution in [-0.2, 0) is 4.79 Å². The molecule has 1 saturated heterocycles. The van der Waals surface area contributed by atoms with Gasteiger partial charge in [-0.3, -0.25) is 4.79 Å². The minimum atomic E-state index is 0.175. The number of piperazine rings is 1. The van der Waals surface area contributed by atoms with Gasteiger partial charge in [0.2, 0.25) is 5.91 Å². The zero-order valence-corrected chi connectivity index (χ0v) is 15.2. The van der Waals surface area contributed by atoms with Crippen LogP contribution in [0.5, 0.6) is 0 Å². The maximum absolute atomic E-state index is 12.5. The number of hydrogen-bond donors (Lipinski definition) is 0. The van der Waals surface area contributed by atoms with Gasteiger partial charge in [-0.15, -0.1) is 10.2 Å². The van der Waals surface area contributed by atoms with Gasteiger partial charge in [-0.25, -0.2) is 4.98 Å². The maximum atomic E-state index is 12.5. The molecular formula is C17H22N6OS. The standard InChI is InChI=1S/C17H22N6OS/c1-13-19-20-17(23(13)14-5-6-14)25-12-16(24)22-10-8-21(9-11-22)15-4-2-3-7-18-15/h2-4,7,14H,5-6,8-12H2,1H3. The number of amides is 1. The van der Waals surface area contributed by atoms with Crippen molar-refractivity contribution in [2.75, 3.05) is 36.8 Å². The number of nitrogens with zero attached hydrogens (tertiary/aromatic N) is 6. The lowest BCUT2D eigenvalue weighted by Crippen LogP contribution is -2.49. The number of carbonyl (C=O) groups is 1. The average molecular weight is 358 g/mol. The maximum Gasteiger partial charge on any atom is 0.233 e. The van der Waals surface area contributed by atoms with Crippen LogP contribution in [0, 0.1) is 6.92 Å². The molecule has 0 radical (unpaired) electrons. The molecule has 7 nitrogen and oxygen atoms in total. The number of pyridine rings is 1. The van der Waals surface area contributed by atoms with Crippen molar-refractivity contribution in [3.63, 3.8) is 0 Å². The molecule has 25 heavy (non-hydrogen) atoms. The molecule has 0 aromatic carbocycles. The molecule has 0 atom stereocenters. The lowest BCUT2D eigenvalue weighted by atomic mass is 10.3. The van der Waals surface area contributed by atoms with E-state index in [-0.39, 0.29) is 5.91 Å². The van der Waals surface area contributed by atoms with Crippen LogP contribution >= 0.6 is 11.8 Å². The van der Waals surface area contributed by atoms with Crippen LogP contribution in [0.3, 0.4) is 0 Å². The van der Waals surface area contributed by atoms with Gasteiger partial charge in [0.15, 0.2) is 5.16 Å². The number of hydrogen-bond acceptors (Lipinski definition) is 6. The molecular weight excluding hydrogens is 336 g/mol. The second-order valence-corrected chi connectivity index (χ2v) is 7.42. The van der Waals surface area contributed by atoms with Crippen LogP contribution in [0.15, 0.2) is 29.6 Å². The van der Waals surface area contributed by atoms with E-state index >= 15 is 0 Å². The number of thioether (sulfide) groups is 1. The fraction of sp³-hybridized carbons (Fsp3) is 0.529.